The van der Waals surface area contributed by atoms with Crippen molar-refractivity contribution in [3.05, 3.63) is 100 Å². The number of nitrogens with one attached hydrogen (secondary N) is 1. The molecule has 0 saturated carbocycles. The fraction of sp³-hybridized carbons (Fsp3) is 0.364. The largest absolute Gasteiger partial charge is 0.489 e. The Morgan fingerprint density at radius 2 is 1.74 bits per heavy atom. The highest BCUT2D eigenvalue weighted by molar-refractivity contribution is 5.85. The molecule has 1 aromatic heterocycles. The number of aromatic nitrogens is 1. The molecule has 1 aliphatic rings. The molecule has 2 heterocycles. The van der Waals surface area contributed by atoms with Crippen LogP contribution in [0.5, 0.6) is 5.75 Å². The number of hydrogen-bond donors (Lipinski definition) is 2. The smallest absolute Gasteiger partial charge is 0.329 e. The van der Waals surface area contributed by atoms with E-state index in [-0.39, 0.29) is 43.7 Å². The van der Waals surface area contributed by atoms with Crippen LogP contribution >= 0.6 is 0 Å². The lowest BCUT2D eigenvalue weighted by molar-refractivity contribution is -0.142. The van der Waals surface area contributed by atoms with Crippen LogP contribution < -0.4 is 4.74 Å². The Balaban J connectivity index is 1.38. The van der Waals surface area contributed by atoms with E-state index in [1.165, 1.54) is 26.0 Å². The van der Waals surface area contributed by atoms with Gasteiger partial charge < -0.3 is 19.6 Å². The maximum atomic E-state index is 15.9. The molecule has 0 bridgehead atoms. The van der Waals surface area contributed by atoms with Crippen molar-refractivity contribution in [3.63, 3.8) is 0 Å². The average Bonchev–Trinajstić information content (AvgIpc) is 3.29. The fourth-order valence-electron chi connectivity index (χ4n) is 5.72. The molecule has 0 amide bonds. The van der Waals surface area contributed by atoms with Crippen molar-refractivity contribution >= 4 is 16.9 Å². The van der Waals surface area contributed by atoms with Gasteiger partial charge in [-0.05, 0) is 56.4 Å². The second kappa shape index (κ2) is 12.2. The quantitative estimate of drug-likeness (QED) is 0.192. The van der Waals surface area contributed by atoms with Crippen LogP contribution in [-0.4, -0.2) is 52.4 Å². The molecule has 0 fully saturated rings. The highest BCUT2D eigenvalue weighted by Gasteiger charge is 2.41. The van der Waals surface area contributed by atoms with Crippen molar-refractivity contribution in [2.75, 3.05) is 19.8 Å². The maximum absolute atomic E-state index is 15.9. The maximum Gasteiger partial charge on any atom is 0.329 e. The fourth-order valence-corrected chi connectivity index (χ4v) is 5.72. The minimum Gasteiger partial charge on any atom is -0.489 e. The van der Waals surface area contributed by atoms with E-state index in [1.807, 2.05) is 60.4 Å². The lowest BCUT2D eigenvalue weighted by Crippen LogP contribution is -2.48. The molecule has 0 saturated heterocycles. The Kier molecular flexibility index (Phi) is 8.61. The van der Waals surface area contributed by atoms with Crippen LogP contribution in [0.15, 0.2) is 60.7 Å². The molecule has 2 atom stereocenters. The molecule has 3 aromatic carbocycles. The zero-order chi connectivity index (χ0) is 30.0. The molecule has 0 aliphatic carbocycles. The highest BCUT2D eigenvalue weighted by Crippen LogP contribution is 2.43. The van der Waals surface area contributed by atoms with Crippen molar-refractivity contribution in [3.8, 4) is 5.75 Å². The van der Waals surface area contributed by atoms with Crippen molar-refractivity contribution in [2.45, 2.75) is 58.0 Å². The number of para-hydroxylation sites is 1. The van der Waals surface area contributed by atoms with Gasteiger partial charge in [-0.2, -0.15) is 0 Å². The average molecular weight is 581 g/mol. The number of carboxylic acid groups (broad SMARTS) is 1. The molecule has 0 radical (unpaired) electrons. The Morgan fingerprint density at radius 3 is 2.40 bits per heavy atom. The van der Waals surface area contributed by atoms with Crippen LogP contribution in [0.25, 0.3) is 10.9 Å². The number of ether oxygens (including phenoxy) is 2. The lowest BCUT2D eigenvalue weighted by Gasteiger charge is -2.43. The minimum absolute atomic E-state index is 0.00640. The van der Waals surface area contributed by atoms with E-state index in [0.29, 0.717) is 18.5 Å². The van der Waals surface area contributed by atoms with Gasteiger partial charge in [0.1, 0.15) is 36.3 Å². The minimum atomic E-state index is -1.58. The summed E-state index contributed by atoms with van der Waals surface area (Å²) in [5.74, 6) is -2.47. The van der Waals surface area contributed by atoms with E-state index in [1.54, 1.807) is 0 Å². The van der Waals surface area contributed by atoms with Gasteiger partial charge in [-0.15, -0.1) is 0 Å². The summed E-state index contributed by atoms with van der Waals surface area (Å²) in [7, 11) is 0. The molecular weight excluding hydrogens is 545 g/mol. The van der Waals surface area contributed by atoms with Gasteiger partial charge in [-0.3, -0.25) is 4.90 Å². The lowest BCUT2D eigenvalue weighted by atomic mass is 9.87. The molecule has 1 aliphatic heterocycles. The van der Waals surface area contributed by atoms with Gasteiger partial charge in [0.05, 0.1) is 12.6 Å². The number of halogens is 3. The molecule has 4 aromatic rings. The van der Waals surface area contributed by atoms with Gasteiger partial charge in [0.25, 0.3) is 0 Å². The van der Waals surface area contributed by atoms with Crippen LogP contribution in [0.2, 0.25) is 0 Å². The summed E-state index contributed by atoms with van der Waals surface area (Å²) < 4.78 is 57.5. The van der Waals surface area contributed by atoms with Crippen LogP contribution in [0.1, 0.15) is 54.8 Å². The number of alkyl halides is 1. The second-order valence-electron chi connectivity index (χ2n) is 11.5. The van der Waals surface area contributed by atoms with Crippen molar-refractivity contribution < 1.29 is 32.5 Å². The summed E-state index contributed by atoms with van der Waals surface area (Å²) in [5, 5.41) is 9.64. The number of carboxylic acids is 1. The molecule has 9 heteroatoms. The van der Waals surface area contributed by atoms with Gasteiger partial charge in [0.2, 0.25) is 0 Å². The molecular formula is C33H35F3N2O4. The van der Waals surface area contributed by atoms with Crippen molar-refractivity contribution in [1.29, 1.82) is 0 Å². The Morgan fingerprint density at radius 1 is 1.07 bits per heavy atom. The monoisotopic (exact) mass is 580 g/mol. The van der Waals surface area contributed by atoms with Crippen LogP contribution in [0, 0.1) is 11.6 Å². The molecule has 0 unspecified atom stereocenters. The third-order valence-corrected chi connectivity index (χ3v) is 7.59. The normalized spacial score (nSPS) is 17.4. The van der Waals surface area contributed by atoms with Crippen LogP contribution in [0.4, 0.5) is 13.2 Å². The predicted molar refractivity (Wildman–Crippen MR) is 154 cm³/mol. The molecule has 42 heavy (non-hydrogen) atoms. The number of aromatic amines is 1. The van der Waals surface area contributed by atoms with Gasteiger partial charge in [0, 0.05) is 46.9 Å². The van der Waals surface area contributed by atoms with E-state index < -0.39 is 29.3 Å². The van der Waals surface area contributed by atoms with E-state index in [0.717, 1.165) is 27.6 Å². The molecule has 6 nitrogen and oxygen atoms in total. The van der Waals surface area contributed by atoms with Crippen molar-refractivity contribution in [2.24, 2.45) is 0 Å². The number of carbonyl (C=O) groups is 1. The van der Waals surface area contributed by atoms with Crippen LogP contribution in [-0.2, 0) is 29.0 Å². The Bertz CT molecular complexity index is 1540. The summed E-state index contributed by atoms with van der Waals surface area (Å²) in [6.07, 6.45) is 1.19. The van der Waals surface area contributed by atoms with Crippen LogP contribution in [0.3, 0.4) is 0 Å². The zero-order valence-electron chi connectivity index (χ0n) is 23.9. The number of fused-ring (bicyclic) bond motifs is 3. The molecule has 5 rings (SSSR count). The highest BCUT2D eigenvalue weighted by atomic mass is 19.1. The topological polar surface area (TPSA) is 74.8 Å². The molecule has 2 N–H and O–H groups in total. The SMILES string of the molecule is C[C@@H]1Cc2c([nH]c3ccccc23)[C@@H](c2c(F)cc(OCc3ccc(CCOCC(=O)O)cc3)cc2F)N1CC(C)(C)F. The number of rotatable bonds is 11. The summed E-state index contributed by atoms with van der Waals surface area (Å²) in [4.78, 5) is 15.8. The number of aliphatic carboxylic acids is 1. The first-order valence-electron chi connectivity index (χ1n) is 14.0. The van der Waals surface area contributed by atoms with Gasteiger partial charge >= 0.3 is 5.97 Å². The standard InChI is InChI=1S/C33H35F3N2O4/c1-20-14-25-24-6-4-5-7-28(24)37-31(25)32(38(20)19-33(2,3)36)30-26(34)15-23(16-27(30)35)42-17-22-10-8-21(9-11-22)12-13-41-18-29(39)40/h4-11,15-16,20,32,37H,12-14,17-19H2,1-3H3,(H,39,40)/t20-,32-/m1/s1. The summed E-state index contributed by atoms with van der Waals surface area (Å²) in [6.45, 7) is 4.96. The van der Waals surface area contributed by atoms with E-state index in [4.69, 9.17) is 14.6 Å². The molecule has 222 valence electrons. The summed E-state index contributed by atoms with van der Waals surface area (Å²) in [5.41, 5.74) is 2.60. The third kappa shape index (κ3) is 6.63. The number of H-pyrrole nitrogens is 1. The van der Waals surface area contributed by atoms with Gasteiger partial charge in [-0.1, -0.05) is 42.5 Å². The summed E-state index contributed by atoms with van der Waals surface area (Å²) >= 11 is 0. The van der Waals surface area contributed by atoms with E-state index in [2.05, 4.69) is 4.98 Å². The second-order valence-corrected chi connectivity index (χ2v) is 11.5. The van der Waals surface area contributed by atoms with Gasteiger partial charge in [0.15, 0.2) is 0 Å². The van der Waals surface area contributed by atoms with E-state index >= 15 is 8.78 Å². The van der Waals surface area contributed by atoms with Crippen molar-refractivity contribution in [1.82, 2.24) is 9.88 Å². The summed E-state index contributed by atoms with van der Waals surface area (Å²) in [6, 6.07) is 16.6. The molecule has 0 spiro atoms. The first-order chi connectivity index (χ1) is 20.0. The third-order valence-electron chi connectivity index (χ3n) is 7.59. The van der Waals surface area contributed by atoms with Gasteiger partial charge in [-0.25, -0.2) is 18.0 Å². The Hall–Kier alpha value is -3.82. The number of benzene rings is 3. The first-order valence-corrected chi connectivity index (χ1v) is 14.0. The predicted octanol–water partition coefficient (Wildman–Crippen LogP) is 6.75. The number of nitrogens with zero attached hydrogens (tertiary/aromatic N) is 1. The Labute approximate surface area is 243 Å². The van der Waals surface area contributed by atoms with E-state index in [9.17, 15) is 9.18 Å². The zero-order valence-corrected chi connectivity index (χ0v) is 23.9. The number of hydrogen-bond acceptors (Lipinski definition) is 4. The first kappa shape index (κ1) is 29.7.